The molecule has 3 heteroatoms. The Hall–Kier alpha value is -0.830. The predicted molar refractivity (Wildman–Crippen MR) is 81.1 cm³/mol. The van der Waals surface area contributed by atoms with Crippen molar-refractivity contribution >= 4 is 5.97 Å². The van der Waals surface area contributed by atoms with Crippen molar-refractivity contribution in [3.05, 3.63) is 12.7 Å². The molecule has 0 aliphatic carbocycles. The van der Waals surface area contributed by atoms with Gasteiger partial charge in [-0.15, -0.1) is 0 Å². The van der Waals surface area contributed by atoms with Crippen LogP contribution in [0.25, 0.3) is 0 Å². The molecule has 0 spiro atoms. The van der Waals surface area contributed by atoms with Crippen LogP contribution in [0.3, 0.4) is 0 Å². The molecule has 0 aliphatic rings. The number of aliphatic hydroxyl groups is 1. The lowest BCUT2D eigenvalue weighted by Crippen LogP contribution is -2.01. The number of unbranched alkanes of at least 4 members (excludes halogenated alkanes) is 9. The molecule has 0 heterocycles. The quantitative estimate of drug-likeness (QED) is 0.328. The molecule has 0 saturated heterocycles. The van der Waals surface area contributed by atoms with Crippen LogP contribution in [0.4, 0.5) is 0 Å². The molecule has 0 aromatic rings. The van der Waals surface area contributed by atoms with Gasteiger partial charge in [-0.25, -0.2) is 4.79 Å². The molecular weight excluding hydrogens is 240 g/mol. The summed E-state index contributed by atoms with van der Waals surface area (Å²) in [5, 5.41) is 7.00. The lowest BCUT2D eigenvalue weighted by Gasteiger charge is -2.03. The molecule has 114 valence electrons. The van der Waals surface area contributed by atoms with Gasteiger partial charge in [-0.05, 0) is 6.42 Å². The minimum absolute atomic E-state index is 0.305. The summed E-state index contributed by atoms with van der Waals surface area (Å²) < 4.78 is 4.91. The first-order valence-corrected chi connectivity index (χ1v) is 7.55. The number of ether oxygens (including phenoxy) is 1. The number of carbonyl (C=O) groups is 1. The molecule has 0 amide bonds. The molecular formula is C16H32O3. The van der Waals surface area contributed by atoms with Gasteiger partial charge < -0.3 is 9.84 Å². The number of aliphatic hydroxyl groups excluding tert-OH is 1. The first-order valence-electron chi connectivity index (χ1n) is 7.55. The van der Waals surface area contributed by atoms with E-state index in [0.717, 1.165) is 13.5 Å². The van der Waals surface area contributed by atoms with Gasteiger partial charge in [-0.1, -0.05) is 71.3 Å². The van der Waals surface area contributed by atoms with E-state index in [-0.39, 0.29) is 5.97 Å². The molecule has 0 unspecified atom stereocenters. The van der Waals surface area contributed by atoms with Crippen molar-refractivity contribution in [1.29, 1.82) is 0 Å². The van der Waals surface area contributed by atoms with E-state index in [2.05, 4.69) is 13.5 Å². The first-order chi connectivity index (χ1) is 9.31. The van der Waals surface area contributed by atoms with E-state index in [1.54, 1.807) is 0 Å². The highest BCUT2D eigenvalue weighted by Gasteiger charge is 1.95. The van der Waals surface area contributed by atoms with Gasteiger partial charge in [0, 0.05) is 13.2 Å². The average Bonchev–Trinajstić information content (AvgIpc) is 2.46. The zero-order valence-corrected chi connectivity index (χ0v) is 12.8. The van der Waals surface area contributed by atoms with Gasteiger partial charge in [-0.2, -0.15) is 0 Å². The second kappa shape index (κ2) is 19.5. The van der Waals surface area contributed by atoms with Gasteiger partial charge in [0.15, 0.2) is 0 Å². The van der Waals surface area contributed by atoms with E-state index < -0.39 is 0 Å². The summed E-state index contributed by atoms with van der Waals surface area (Å²) >= 11 is 0. The zero-order valence-electron chi connectivity index (χ0n) is 12.8. The van der Waals surface area contributed by atoms with Crippen molar-refractivity contribution in [2.75, 3.05) is 13.7 Å². The molecule has 0 radical (unpaired) electrons. The smallest absolute Gasteiger partial charge is 0.330 e. The fraction of sp³-hybridized carbons (Fsp3) is 0.812. The van der Waals surface area contributed by atoms with E-state index in [4.69, 9.17) is 9.84 Å². The molecule has 1 N–H and O–H groups in total. The van der Waals surface area contributed by atoms with Crippen molar-refractivity contribution in [2.45, 2.75) is 71.1 Å². The van der Waals surface area contributed by atoms with Crippen LogP contribution in [-0.2, 0) is 9.53 Å². The lowest BCUT2D eigenvalue weighted by atomic mass is 10.1. The summed E-state index contributed by atoms with van der Waals surface area (Å²) in [6.45, 7) is 6.15. The molecule has 0 aromatic carbocycles. The summed E-state index contributed by atoms with van der Waals surface area (Å²) in [6.07, 6.45) is 14.2. The topological polar surface area (TPSA) is 46.5 Å². The molecule has 3 nitrogen and oxygen atoms in total. The van der Waals surface area contributed by atoms with Gasteiger partial charge in [-0.3, -0.25) is 0 Å². The van der Waals surface area contributed by atoms with Gasteiger partial charge >= 0.3 is 5.97 Å². The van der Waals surface area contributed by atoms with E-state index in [9.17, 15) is 4.79 Å². The monoisotopic (exact) mass is 272 g/mol. The maximum atomic E-state index is 10.7. The molecule has 0 aromatic heterocycles. The van der Waals surface area contributed by atoms with E-state index in [0.29, 0.717) is 6.61 Å². The van der Waals surface area contributed by atoms with Crippen molar-refractivity contribution in [3.63, 3.8) is 0 Å². The maximum absolute atomic E-state index is 10.7. The third-order valence-electron chi connectivity index (χ3n) is 2.91. The fourth-order valence-electron chi connectivity index (χ4n) is 1.82. The normalized spacial score (nSPS) is 9.42. The Morgan fingerprint density at radius 3 is 1.79 bits per heavy atom. The van der Waals surface area contributed by atoms with Gasteiger partial charge in [0.2, 0.25) is 0 Å². The first kappa shape index (κ1) is 20.5. The Bertz CT molecular complexity index is 190. The zero-order chi connectivity index (χ0) is 14.8. The predicted octanol–water partition coefficient (Wildman–Crippen LogP) is 4.25. The summed E-state index contributed by atoms with van der Waals surface area (Å²) in [5.41, 5.74) is 0. The summed E-state index contributed by atoms with van der Waals surface area (Å²) in [5.74, 6) is -0.305. The largest absolute Gasteiger partial charge is 0.463 e. The van der Waals surface area contributed by atoms with Gasteiger partial charge in [0.05, 0.1) is 6.61 Å². The van der Waals surface area contributed by atoms with Crippen LogP contribution < -0.4 is 0 Å². The standard InChI is InChI=1S/C15H28O2.CH4O/c1-3-5-6-7-8-9-10-11-12-13-14-17-15(16)4-2;1-2/h4H,2-3,5-14H2,1H3;2H,1H3. The van der Waals surface area contributed by atoms with Crippen LogP contribution in [0, 0.1) is 0 Å². The summed E-state index contributed by atoms with van der Waals surface area (Å²) in [4.78, 5) is 10.7. The Balaban J connectivity index is 0. The van der Waals surface area contributed by atoms with E-state index >= 15 is 0 Å². The van der Waals surface area contributed by atoms with Crippen molar-refractivity contribution in [1.82, 2.24) is 0 Å². The lowest BCUT2D eigenvalue weighted by molar-refractivity contribution is -0.137. The van der Waals surface area contributed by atoms with Crippen molar-refractivity contribution in [2.24, 2.45) is 0 Å². The highest BCUT2D eigenvalue weighted by Crippen LogP contribution is 2.10. The SMILES string of the molecule is C=CC(=O)OCCCCCCCCCCCC.CO. The minimum Gasteiger partial charge on any atom is -0.463 e. The second-order valence-electron chi connectivity index (χ2n) is 4.55. The fourth-order valence-corrected chi connectivity index (χ4v) is 1.82. The molecule has 0 aliphatic heterocycles. The van der Waals surface area contributed by atoms with Crippen LogP contribution >= 0.6 is 0 Å². The number of esters is 1. The molecule has 0 atom stereocenters. The Morgan fingerprint density at radius 2 is 1.37 bits per heavy atom. The van der Waals surface area contributed by atoms with Crippen molar-refractivity contribution in [3.8, 4) is 0 Å². The maximum Gasteiger partial charge on any atom is 0.330 e. The van der Waals surface area contributed by atoms with Gasteiger partial charge in [0.1, 0.15) is 0 Å². The highest BCUT2D eigenvalue weighted by atomic mass is 16.5. The van der Waals surface area contributed by atoms with Crippen LogP contribution in [-0.4, -0.2) is 24.8 Å². The van der Waals surface area contributed by atoms with E-state index in [1.165, 1.54) is 63.9 Å². The minimum atomic E-state index is -0.305. The van der Waals surface area contributed by atoms with Crippen molar-refractivity contribution < 1.29 is 14.6 Å². The molecule has 0 bridgehead atoms. The van der Waals surface area contributed by atoms with Crippen LogP contribution in [0.15, 0.2) is 12.7 Å². The Morgan fingerprint density at radius 1 is 0.947 bits per heavy atom. The molecule has 19 heavy (non-hydrogen) atoms. The Kier molecular flexibility index (Phi) is 21.0. The molecule has 0 rings (SSSR count). The molecule has 0 fully saturated rings. The number of carbonyl (C=O) groups excluding carboxylic acids is 1. The average molecular weight is 272 g/mol. The van der Waals surface area contributed by atoms with Crippen LogP contribution in [0.2, 0.25) is 0 Å². The summed E-state index contributed by atoms with van der Waals surface area (Å²) in [6, 6.07) is 0. The number of hydrogen-bond donors (Lipinski definition) is 1. The van der Waals surface area contributed by atoms with Crippen LogP contribution in [0.1, 0.15) is 71.1 Å². The molecule has 0 saturated carbocycles. The summed E-state index contributed by atoms with van der Waals surface area (Å²) in [7, 11) is 1.00. The number of hydrogen-bond acceptors (Lipinski definition) is 3. The third kappa shape index (κ3) is 19.7. The third-order valence-corrected chi connectivity index (χ3v) is 2.91. The van der Waals surface area contributed by atoms with E-state index in [1.807, 2.05) is 0 Å². The van der Waals surface area contributed by atoms with Crippen LogP contribution in [0.5, 0.6) is 0 Å². The van der Waals surface area contributed by atoms with Gasteiger partial charge in [0.25, 0.3) is 0 Å². The number of rotatable bonds is 12. The second-order valence-corrected chi connectivity index (χ2v) is 4.55. The Labute approximate surface area is 119 Å². The highest BCUT2D eigenvalue weighted by molar-refractivity contribution is 5.81.